The molecular weight excluding hydrogens is 314 g/mol. The molecule has 0 radical (unpaired) electrons. The Morgan fingerprint density at radius 3 is 2.92 bits per heavy atom. The van der Waals surface area contributed by atoms with Crippen molar-refractivity contribution in [3.8, 4) is 0 Å². The van der Waals surface area contributed by atoms with E-state index in [2.05, 4.69) is 10.3 Å². The zero-order valence-corrected chi connectivity index (χ0v) is 13.8. The minimum atomic E-state index is -0.226. The number of hydrogen-bond acceptors (Lipinski definition) is 3. The average molecular weight is 331 g/mol. The number of amides is 1. The molecule has 3 aromatic rings. The highest BCUT2D eigenvalue weighted by Gasteiger charge is 2.21. The number of aromatic nitrogens is 2. The standard InChI is InChI=1S/C20H17N3O2/c1-13-6-7-19-22-16(12-23(19)11-13)10-21-20(25)15-8-14-4-2-3-5-17(14)18(24)9-15/h2-7,9,11-12H,8,10H2,1H3,(H,21,25). The van der Waals surface area contributed by atoms with Gasteiger partial charge in [0.25, 0.3) is 0 Å². The third-order valence-corrected chi connectivity index (χ3v) is 4.34. The number of rotatable bonds is 3. The van der Waals surface area contributed by atoms with Gasteiger partial charge in [-0.15, -0.1) is 0 Å². The quantitative estimate of drug-likeness (QED) is 0.802. The fourth-order valence-corrected chi connectivity index (χ4v) is 3.08. The van der Waals surface area contributed by atoms with Crippen LogP contribution in [0.1, 0.15) is 27.2 Å². The molecule has 0 saturated heterocycles. The van der Waals surface area contributed by atoms with Gasteiger partial charge in [-0.25, -0.2) is 4.98 Å². The summed E-state index contributed by atoms with van der Waals surface area (Å²) < 4.78 is 1.94. The second kappa shape index (κ2) is 6.02. The molecule has 5 nitrogen and oxygen atoms in total. The molecule has 2 aromatic heterocycles. The van der Waals surface area contributed by atoms with Crippen LogP contribution in [-0.4, -0.2) is 21.1 Å². The summed E-state index contributed by atoms with van der Waals surface area (Å²) in [5, 5.41) is 2.86. The third kappa shape index (κ3) is 2.96. The van der Waals surface area contributed by atoms with Crippen molar-refractivity contribution >= 4 is 17.3 Å². The van der Waals surface area contributed by atoms with Crippen LogP contribution in [0.15, 0.2) is 60.4 Å². The number of aryl methyl sites for hydroxylation is 1. The van der Waals surface area contributed by atoms with E-state index >= 15 is 0 Å². The minimum absolute atomic E-state index is 0.116. The maximum atomic E-state index is 12.4. The van der Waals surface area contributed by atoms with Crippen LogP contribution in [0.5, 0.6) is 0 Å². The van der Waals surface area contributed by atoms with Crippen LogP contribution in [0.4, 0.5) is 0 Å². The summed E-state index contributed by atoms with van der Waals surface area (Å²) >= 11 is 0. The van der Waals surface area contributed by atoms with Crippen molar-refractivity contribution in [1.29, 1.82) is 0 Å². The Labute approximate surface area is 145 Å². The predicted octanol–water partition coefficient (Wildman–Crippen LogP) is 2.62. The number of nitrogens with zero attached hydrogens (tertiary/aromatic N) is 2. The number of carbonyl (C=O) groups is 2. The van der Waals surface area contributed by atoms with Crippen LogP contribution in [0, 0.1) is 6.92 Å². The van der Waals surface area contributed by atoms with Crippen molar-refractivity contribution in [1.82, 2.24) is 14.7 Å². The summed E-state index contributed by atoms with van der Waals surface area (Å²) in [5.41, 5.74) is 4.82. The molecule has 0 unspecified atom stereocenters. The Balaban J connectivity index is 1.48. The second-order valence-electron chi connectivity index (χ2n) is 6.25. The van der Waals surface area contributed by atoms with Gasteiger partial charge in [-0.3, -0.25) is 9.59 Å². The summed E-state index contributed by atoms with van der Waals surface area (Å²) in [6.07, 6.45) is 5.80. The smallest absolute Gasteiger partial charge is 0.248 e. The molecule has 1 N–H and O–H groups in total. The summed E-state index contributed by atoms with van der Waals surface area (Å²) in [7, 11) is 0. The molecule has 0 spiro atoms. The van der Waals surface area contributed by atoms with Crippen molar-refractivity contribution in [3.05, 3.63) is 82.8 Å². The van der Waals surface area contributed by atoms with E-state index in [9.17, 15) is 9.59 Å². The lowest BCUT2D eigenvalue weighted by Crippen LogP contribution is -2.28. The molecule has 0 bridgehead atoms. The van der Waals surface area contributed by atoms with E-state index in [-0.39, 0.29) is 11.7 Å². The molecule has 25 heavy (non-hydrogen) atoms. The van der Waals surface area contributed by atoms with Crippen LogP contribution in [-0.2, 0) is 17.8 Å². The fourth-order valence-electron chi connectivity index (χ4n) is 3.08. The molecule has 1 aliphatic rings. The lowest BCUT2D eigenvalue weighted by atomic mass is 9.90. The van der Waals surface area contributed by atoms with E-state index in [1.54, 1.807) is 6.07 Å². The number of hydrogen-bond donors (Lipinski definition) is 1. The SMILES string of the molecule is Cc1ccc2nc(CNC(=O)C3=CC(=O)c4ccccc4C3)cn2c1. The molecule has 4 rings (SSSR count). The summed E-state index contributed by atoms with van der Waals surface area (Å²) in [4.78, 5) is 29.1. The first-order chi connectivity index (χ1) is 12.1. The van der Waals surface area contributed by atoms with Crippen molar-refractivity contribution in [3.63, 3.8) is 0 Å². The van der Waals surface area contributed by atoms with Gasteiger partial charge in [-0.2, -0.15) is 0 Å². The zero-order chi connectivity index (χ0) is 17.4. The van der Waals surface area contributed by atoms with Crippen LogP contribution < -0.4 is 5.32 Å². The molecule has 0 aliphatic heterocycles. The van der Waals surface area contributed by atoms with Gasteiger partial charge in [0, 0.05) is 30.0 Å². The Morgan fingerprint density at radius 1 is 1.20 bits per heavy atom. The van der Waals surface area contributed by atoms with E-state index in [4.69, 9.17) is 0 Å². The Hall–Kier alpha value is -3.21. The van der Waals surface area contributed by atoms with Gasteiger partial charge < -0.3 is 9.72 Å². The van der Waals surface area contributed by atoms with E-state index < -0.39 is 0 Å². The van der Waals surface area contributed by atoms with Crippen molar-refractivity contribution in [2.75, 3.05) is 0 Å². The van der Waals surface area contributed by atoms with Gasteiger partial charge in [0.2, 0.25) is 5.91 Å². The number of nitrogens with one attached hydrogen (secondary N) is 1. The lowest BCUT2D eigenvalue weighted by Gasteiger charge is -2.15. The van der Waals surface area contributed by atoms with Gasteiger partial charge in [0.05, 0.1) is 12.2 Å². The van der Waals surface area contributed by atoms with Crippen molar-refractivity contribution in [2.45, 2.75) is 19.9 Å². The van der Waals surface area contributed by atoms with Gasteiger partial charge in [0.1, 0.15) is 5.65 Å². The molecular formula is C20H17N3O2. The molecule has 1 aliphatic carbocycles. The number of fused-ring (bicyclic) bond motifs is 2. The first-order valence-electron chi connectivity index (χ1n) is 8.15. The highest BCUT2D eigenvalue weighted by molar-refractivity contribution is 6.12. The molecule has 0 atom stereocenters. The maximum absolute atomic E-state index is 12.4. The molecule has 0 saturated carbocycles. The van der Waals surface area contributed by atoms with E-state index in [1.165, 1.54) is 6.08 Å². The molecule has 0 fully saturated rings. The largest absolute Gasteiger partial charge is 0.347 e. The monoisotopic (exact) mass is 331 g/mol. The Morgan fingerprint density at radius 2 is 2.04 bits per heavy atom. The zero-order valence-electron chi connectivity index (χ0n) is 13.8. The van der Waals surface area contributed by atoms with Crippen LogP contribution >= 0.6 is 0 Å². The van der Waals surface area contributed by atoms with Crippen LogP contribution in [0.2, 0.25) is 0 Å². The normalized spacial score (nSPS) is 13.5. The number of carbonyl (C=O) groups excluding carboxylic acids is 2. The van der Waals surface area contributed by atoms with Gasteiger partial charge in [-0.1, -0.05) is 30.3 Å². The van der Waals surface area contributed by atoms with E-state index in [0.717, 1.165) is 22.5 Å². The Bertz CT molecular complexity index is 1030. The number of benzene rings is 1. The number of pyridine rings is 1. The first kappa shape index (κ1) is 15.3. The molecule has 5 heteroatoms. The number of imidazole rings is 1. The number of allylic oxidation sites excluding steroid dienone is 1. The first-order valence-corrected chi connectivity index (χ1v) is 8.15. The highest BCUT2D eigenvalue weighted by atomic mass is 16.2. The predicted molar refractivity (Wildman–Crippen MR) is 94.3 cm³/mol. The second-order valence-corrected chi connectivity index (χ2v) is 6.25. The molecule has 124 valence electrons. The summed E-state index contributed by atoms with van der Waals surface area (Å²) in [6, 6.07) is 11.3. The van der Waals surface area contributed by atoms with Crippen molar-refractivity contribution in [2.24, 2.45) is 0 Å². The van der Waals surface area contributed by atoms with Gasteiger partial charge >= 0.3 is 0 Å². The molecule has 1 aromatic carbocycles. The Kier molecular flexibility index (Phi) is 3.69. The van der Waals surface area contributed by atoms with Gasteiger partial charge in [-0.05, 0) is 30.2 Å². The van der Waals surface area contributed by atoms with Crippen molar-refractivity contribution < 1.29 is 9.59 Å². The maximum Gasteiger partial charge on any atom is 0.248 e. The average Bonchev–Trinajstić information content (AvgIpc) is 3.01. The van der Waals surface area contributed by atoms with Crippen LogP contribution in [0.3, 0.4) is 0 Å². The minimum Gasteiger partial charge on any atom is -0.347 e. The van der Waals surface area contributed by atoms with E-state index in [1.807, 2.05) is 54.0 Å². The van der Waals surface area contributed by atoms with Crippen LogP contribution in [0.25, 0.3) is 5.65 Å². The van der Waals surface area contributed by atoms with Gasteiger partial charge in [0.15, 0.2) is 5.78 Å². The topological polar surface area (TPSA) is 63.5 Å². The third-order valence-electron chi connectivity index (χ3n) is 4.34. The summed E-state index contributed by atoms with van der Waals surface area (Å²) in [5.74, 6) is -0.341. The number of ketones is 1. The lowest BCUT2D eigenvalue weighted by molar-refractivity contribution is -0.117. The highest BCUT2D eigenvalue weighted by Crippen LogP contribution is 2.21. The van der Waals surface area contributed by atoms with E-state index in [0.29, 0.717) is 24.1 Å². The molecule has 1 amide bonds. The fraction of sp³-hybridized carbons (Fsp3) is 0.150. The summed E-state index contributed by atoms with van der Waals surface area (Å²) in [6.45, 7) is 2.35. The molecule has 2 heterocycles.